The Morgan fingerprint density at radius 3 is 3.00 bits per heavy atom. The second kappa shape index (κ2) is 4.28. The van der Waals surface area contributed by atoms with E-state index in [0.717, 1.165) is 32.4 Å². The first-order valence-electron chi connectivity index (χ1n) is 5.33. The van der Waals surface area contributed by atoms with Crippen molar-refractivity contribution in [3.05, 3.63) is 0 Å². The molecule has 0 spiro atoms. The van der Waals surface area contributed by atoms with E-state index in [2.05, 4.69) is 0 Å². The van der Waals surface area contributed by atoms with Crippen molar-refractivity contribution >= 4 is 5.91 Å². The summed E-state index contributed by atoms with van der Waals surface area (Å²) in [5.41, 5.74) is 0. The zero-order chi connectivity index (χ0) is 9.97. The lowest BCUT2D eigenvalue weighted by molar-refractivity contribution is -0.128. The summed E-state index contributed by atoms with van der Waals surface area (Å²) in [6.07, 6.45) is 3.35. The van der Waals surface area contributed by atoms with Gasteiger partial charge < -0.3 is 14.7 Å². The van der Waals surface area contributed by atoms with Crippen LogP contribution in [0.15, 0.2) is 0 Å². The van der Waals surface area contributed by atoms with Gasteiger partial charge >= 0.3 is 0 Å². The number of aliphatic hydroxyl groups excluding tert-OH is 1. The molecule has 0 aromatic carbocycles. The third kappa shape index (κ3) is 2.25. The number of rotatable bonds is 3. The first-order chi connectivity index (χ1) is 6.75. The third-order valence-corrected chi connectivity index (χ3v) is 2.94. The van der Waals surface area contributed by atoms with Crippen LogP contribution in [0.4, 0.5) is 0 Å². The first kappa shape index (κ1) is 9.93. The van der Waals surface area contributed by atoms with Crippen LogP contribution < -0.4 is 0 Å². The third-order valence-electron chi connectivity index (χ3n) is 2.94. The number of β-amino-alcohol motifs (C(OH)–C–C–N with tert-alkyl or cyclic N) is 1. The molecule has 1 amide bonds. The van der Waals surface area contributed by atoms with E-state index in [0.29, 0.717) is 19.1 Å². The van der Waals surface area contributed by atoms with Gasteiger partial charge in [0.25, 0.3) is 0 Å². The van der Waals surface area contributed by atoms with Gasteiger partial charge in [0.05, 0.1) is 18.6 Å². The van der Waals surface area contributed by atoms with Crippen LogP contribution in [0.5, 0.6) is 0 Å². The summed E-state index contributed by atoms with van der Waals surface area (Å²) in [5, 5.41) is 9.27. The molecule has 0 radical (unpaired) electrons. The summed E-state index contributed by atoms with van der Waals surface area (Å²) in [4.78, 5) is 13.1. The van der Waals surface area contributed by atoms with E-state index in [1.807, 2.05) is 0 Å². The highest BCUT2D eigenvalue weighted by Crippen LogP contribution is 2.18. The first-order valence-corrected chi connectivity index (χ1v) is 5.33. The molecule has 80 valence electrons. The topological polar surface area (TPSA) is 49.8 Å². The van der Waals surface area contributed by atoms with Crippen molar-refractivity contribution in [1.82, 2.24) is 4.90 Å². The molecule has 4 heteroatoms. The molecule has 1 N–H and O–H groups in total. The van der Waals surface area contributed by atoms with Gasteiger partial charge in [0.1, 0.15) is 0 Å². The Labute approximate surface area is 83.8 Å². The van der Waals surface area contributed by atoms with E-state index in [1.54, 1.807) is 4.90 Å². The van der Waals surface area contributed by atoms with Gasteiger partial charge in [-0.2, -0.15) is 0 Å². The smallest absolute Gasteiger partial charge is 0.225 e. The highest BCUT2D eigenvalue weighted by atomic mass is 16.5. The minimum atomic E-state index is -0.452. The average molecular weight is 199 g/mol. The number of nitrogens with zero attached hydrogens (tertiary/aromatic N) is 1. The summed E-state index contributed by atoms with van der Waals surface area (Å²) in [5.74, 6) is 0.0792. The van der Waals surface area contributed by atoms with Crippen molar-refractivity contribution in [3.8, 4) is 0 Å². The van der Waals surface area contributed by atoms with Crippen molar-refractivity contribution in [3.63, 3.8) is 0 Å². The quantitative estimate of drug-likeness (QED) is 0.704. The predicted octanol–water partition coefficient (Wildman–Crippen LogP) is 0.149. The molecule has 0 saturated carbocycles. The summed E-state index contributed by atoms with van der Waals surface area (Å²) in [6.45, 7) is 2.10. The summed E-state index contributed by atoms with van der Waals surface area (Å²) >= 11 is 0. The fourth-order valence-corrected chi connectivity index (χ4v) is 2.14. The van der Waals surface area contributed by atoms with E-state index in [1.165, 1.54) is 0 Å². The van der Waals surface area contributed by atoms with Crippen molar-refractivity contribution in [2.75, 3.05) is 19.7 Å². The van der Waals surface area contributed by atoms with Crippen LogP contribution in [0, 0.1) is 0 Å². The molecule has 2 atom stereocenters. The Kier molecular flexibility index (Phi) is 3.03. The molecule has 2 heterocycles. The van der Waals surface area contributed by atoms with E-state index in [9.17, 15) is 9.90 Å². The maximum atomic E-state index is 11.3. The van der Waals surface area contributed by atoms with Crippen molar-refractivity contribution in [1.29, 1.82) is 0 Å². The molecule has 14 heavy (non-hydrogen) atoms. The molecule has 2 saturated heterocycles. The van der Waals surface area contributed by atoms with Crippen molar-refractivity contribution < 1.29 is 14.6 Å². The lowest BCUT2D eigenvalue weighted by Crippen LogP contribution is -2.29. The predicted molar refractivity (Wildman–Crippen MR) is 50.8 cm³/mol. The largest absolute Gasteiger partial charge is 0.391 e. The zero-order valence-electron chi connectivity index (χ0n) is 8.32. The van der Waals surface area contributed by atoms with Gasteiger partial charge in [0.2, 0.25) is 5.91 Å². The lowest BCUT2D eigenvalue weighted by atomic mass is 10.2. The SMILES string of the molecule is O=C1CC(O)CN1CCC1CCCO1. The maximum absolute atomic E-state index is 11.3. The fraction of sp³-hybridized carbons (Fsp3) is 0.900. The van der Waals surface area contributed by atoms with Gasteiger partial charge in [-0.15, -0.1) is 0 Å². The average Bonchev–Trinajstić information content (AvgIpc) is 2.72. The number of aliphatic hydroxyl groups is 1. The number of hydrogen-bond donors (Lipinski definition) is 1. The molecule has 4 nitrogen and oxygen atoms in total. The van der Waals surface area contributed by atoms with Crippen LogP contribution in [0.25, 0.3) is 0 Å². The van der Waals surface area contributed by atoms with Crippen LogP contribution in [0.2, 0.25) is 0 Å². The monoisotopic (exact) mass is 199 g/mol. The Bertz CT molecular complexity index is 213. The second-order valence-electron chi connectivity index (χ2n) is 4.12. The summed E-state index contributed by atoms with van der Waals surface area (Å²) in [6, 6.07) is 0. The standard InChI is InChI=1S/C10H17NO3/c12-8-6-10(13)11(7-8)4-3-9-2-1-5-14-9/h8-9,12H,1-7H2. The zero-order valence-corrected chi connectivity index (χ0v) is 8.32. The molecular weight excluding hydrogens is 182 g/mol. The van der Waals surface area contributed by atoms with Gasteiger partial charge in [-0.25, -0.2) is 0 Å². The van der Waals surface area contributed by atoms with Gasteiger partial charge in [-0.3, -0.25) is 4.79 Å². The van der Waals surface area contributed by atoms with Gasteiger partial charge in [-0.1, -0.05) is 0 Å². The number of carbonyl (C=O) groups is 1. The molecule has 2 rings (SSSR count). The van der Waals surface area contributed by atoms with Gasteiger partial charge in [0, 0.05) is 19.7 Å². The Morgan fingerprint density at radius 2 is 2.43 bits per heavy atom. The minimum Gasteiger partial charge on any atom is -0.391 e. The lowest BCUT2D eigenvalue weighted by Gasteiger charge is -2.17. The number of ether oxygens (including phenoxy) is 1. The number of likely N-dealkylation sites (tertiary alicyclic amines) is 1. The van der Waals surface area contributed by atoms with E-state index in [4.69, 9.17) is 4.74 Å². The van der Waals surface area contributed by atoms with Crippen molar-refractivity contribution in [2.24, 2.45) is 0 Å². The van der Waals surface area contributed by atoms with E-state index in [-0.39, 0.29) is 5.91 Å². The number of hydrogen-bond acceptors (Lipinski definition) is 3. The number of carbonyl (C=O) groups excluding carboxylic acids is 1. The highest BCUT2D eigenvalue weighted by Gasteiger charge is 2.28. The second-order valence-corrected chi connectivity index (χ2v) is 4.12. The molecule has 0 aromatic rings. The Hall–Kier alpha value is -0.610. The van der Waals surface area contributed by atoms with E-state index < -0.39 is 6.10 Å². The molecule has 0 aromatic heterocycles. The fourth-order valence-electron chi connectivity index (χ4n) is 2.14. The molecule has 2 aliphatic rings. The molecular formula is C10H17NO3. The van der Waals surface area contributed by atoms with E-state index >= 15 is 0 Å². The van der Waals surface area contributed by atoms with Crippen molar-refractivity contribution in [2.45, 2.75) is 37.9 Å². The van der Waals surface area contributed by atoms with Crippen LogP contribution in [-0.4, -0.2) is 47.8 Å². The Morgan fingerprint density at radius 1 is 1.57 bits per heavy atom. The van der Waals surface area contributed by atoms with Crippen LogP contribution in [0.3, 0.4) is 0 Å². The van der Waals surface area contributed by atoms with Gasteiger partial charge in [-0.05, 0) is 19.3 Å². The summed E-state index contributed by atoms with van der Waals surface area (Å²) in [7, 11) is 0. The molecule has 0 bridgehead atoms. The molecule has 2 unspecified atom stereocenters. The molecule has 2 aliphatic heterocycles. The van der Waals surface area contributed by atoms with Crippen LogP contribution in [-0.2, 0) is 9.53 Å². The maximum Gasteiger partial charge on any atom is 0.225 e. The normalized spacial score (nSPS) is 32.9. The minimum absolute atomic E-state index is 0.0792. The Balaban J connectivity index is 1.72. The highest BCUT2D eigenvalue weighted by molar-refractivity contribution is 5.78. The number of amides is 1. The molecule has 0 aliphatic carbocycles. The van der Waals surface area contributed by atoms with Crippen LogP contribution in [0.1, 0.15) is 25.7 Å². The van der Waals surface area contributed by atoms with Gasteiger partial charge in [0.15, 0.2) is 0 Å². The summed E-state index contributed by atoms with van der Waals surface area (Å²) < 4.78 is 5.47. The van der Waals surface area contributed by atoms with Crippen LogP contribution >= 0.6 is 0 Å². The molecule has 2 fully saturated rings.